The second-order valence-corrected chi connectivity index (χ2v) is 10.0. The zero-order valence-electron chi connectivity index (χ0n) is 11.9. The van der Waals surface area contributed by atoms with Crippen LogP contribution in [0.15, 0.2) is 55.1 Å². The van der Waals surface area contributed by atoms with E-state index < -0.39 is 10.0 Å². The molecule has 0 atom stereocenters. The molecule has 0 spiro atoms. The van der Waals surface area contributed by atoms with E-state index in [9.17, 15) is 12.8 Å². The van der Waals surface area contributed by atoms with Crippen LogP contribution in [-0.2, 0) is 16.6 Å². The summed E-state index contributed by atoms with van der Waals surface area (Å²) in [7, 11) is -3.72. The lowest BCUT2D eigenvalue weighted by Crippen LogP contribution is -2.13. The van der Waals surface area contributed by atoms with Gasteiger partial charge in [-0.15, -0.1) is 11.3 Å². The number of anilines is 1. The average molecular weight is 495 g/mol. The molecule has 2 heterocycles. The normalized spacial score (nSPS) is 11.6. The van der Waals surface area contributed by atoms with E-state index in [2.05, 4.69) is 41.7 Å². The zero-order chi connectivity index (χ0) is 17.3. The van der Waals surface area contributed by atoms with Gasteiger partial charge >= 0.3 is 0 Å². The van der Waals surface area contributed by atoms with Gasteiger partial charge in [-0.2, -0.15) is 5.10 Å². The van der Waals surface area contributed by atoms with Crippen LogP contribution in [-0.4, -0.2) is 18.2 Å². The van der Waals surface area contributed by atoms with Gasteiger partial charge < -0.3 is 0 Å². The summed E-state index contributed by atoms with van der Waals surface area (Å²) in [5.41, 5.74) is 0.462. The molecule has 0 unspecified atom stereocenters. The summed E-state index contributed by atoms with van der Waals surface area (Å²) in [4.78, 5) is 0. The van der Waals surface area contributed by atoms with Gasteiger partial charge in [0.1, 0.15) is 10.0 Å². The molecule has 1 aromatic carbocycles. The molecule has 0 fully saturated rings. The van der Waals surface area contributed by atoms with Gasteiger partial charge in [-0.25, -0.2) is 12.8 Å². The van der Waals surface area contributed by atoms with E-state index in [1.165, 1.54) is 16.8 Å². The second kappa shape index (κ2) is 6.95. The molecule has 0 saturated heterocycles. The number of rotatable bonds is 5. The summed E-state index contributed by atoms with van der Waals surface area (Å²) in [5, 5.41) is 4.17. The van der Waals surface area contributed by atoms with Crippen LogP contribution in [0.25, 0.3) is 0 Å². The summed E-state index contributed by atoms with van der Waals surface area (Å²) >= 11 is 7.60. The maximum atomic E-state index is 13.7. The van der Waals surface area contributed by atoms with Gasteiger partial charge in [-0.1, -0.05) is 18.2 Å². The molecule has 0 aliphatic heterocycles. The lowest BCUT2D eigenvalue weighted by Gasteiger charge is -2.04. The number of nitrogens with zero attached hydrogens (tertiary/aromatic N) is 2. The largest absolute Gasteiger partial charge is 0.272 e. The third kappa shape index (κ3) is 3.88. The third-order valence-corrected chi connectivity index (χ3v) is 7.09. The van der Waals surface area contributed by atoms with Gasteiger partial charge in [0.05, 0.1) is 14.8 Å². The number of thiophene rings is 1. The lowest BCUT2D eigenvalue weighted by molar-refractivity contribution is 0.585. The Bertz CT molecular complexity index is 986. The molecule has 1 N–H and O–H groups in total. The van der Waals surface area contributed by atoms with Gasteiger partial charge in [0, 0.05) is 11.8 Å². The van der Waals surface area contributed by atoms with Crippen LogP contribution in [0.2, 0.25) is 0 Å². The van der Waals surface area contributed by atoms with E-state index in [1.54, 1.807) is 30.5 Å². The molecular formula is C14H10Br2FN3O2S2. The van der Waals surface area contributed by atoms with E-state index in [-0.39, 0.29) is 22.4 Å². The van der Waals surface area contributed by atoms with E-state index in [1.807, 2.05) is 0 Å². The number of hydrogen-bond donors (Lipinski definition) is 1. The summed E-state index contributed by atoms with van der Waals surface area (Å²) in [6, 6.07) is 9.52. The fraction of sp³-hybridized carbons (Fsp3) is 0.0714. The number of hydrogen-bond acceptors (Lipinski definition) is 4. The quantitative estimate of drug-likeness (QED) is 0.569. The number of aromatic nitrogens is 2. The van der Waals surface area contributed by atoms with Crippen molar-refractivity contribution >= 4 is 59.0 Å². The third-order valence-electron chi connectivity index (χ3n) is 3.05. The minimum absolute atomic E-state index is 0.149. The molecule has 3 rings (SSSR count). The highest BCUT2D eigenvalue weighted by molar-refractivity contribution is 9.11. The highest BCUT2D eigenvalue weighted by Crippen LogP contribution is 2.29. The van der Waals surface area contributed by atoms with Crippen molar-refractivity contribution in [3.05, 3.63) is 62.2 Å². The summed E-state index contributed by atoms with van der Waals surface area (Å²) in [5.74, 6) is -0.189. The Hall–Kier alpha value is -1.23. The van der Waals surface area contributed by atoms with Crippen LogP contribution in [0.5, 0.6) is 0 Å². The SMILES string of the molecule is O=S(=O)(Nc1nn(Cc2ccccc2F)cc1Br)c1ccc(Br)s1. The second-order valence-electron chi connectivity index (χ2n) is 4.78. The maximum absolute atomic E-state index is 13.7. The van der Waals surface area contributed by atoms with Crippen LogP contribution in [0.4, 0.5) is 10.2 Å². The van der Waals surface area contributed by atoms with Crippen LogP contribution in [0.1, 0.15) is 5.56 Å². The molecular weight excluding hydrogens is 485 g/mol. The highest BCUT2D eigenvalue weighted by atomic mass is 79.9. The molecule has 2 aromatic heterocycles. The van der Waals surface area contributed by atoms with Crippen LogP contribution >= 0.6 is 43.2 Å². The summed E-state index contributed by atoms with van der Waals surface area (Å²) in [6.45, 7) is 0.192. The molecule has 5 nitrogen and oxygen atoms in total. The smallest absolute Gasteiger partial charge is 0.265 e. The average Bonchev–Trinajstić information content (AvgIpc) is 3.08. The van der Waals surface area contributed by atoms with Gasteiger partial charge in [0.15, 0.2) is 5.82 Å². The Morgan fingerprint density at radius 2 is 1.96 bits per heavy atom. The van der Waals surface area contributed by atoms with E-state index in [4.69, 9.17) is 0 Å². The number of benzene rings is 1. The number of nitrogens with one attached hydrogen (secondary N) is 1. The Morgan fingerprint density at radius 1 is 1.21 bits per heavy atom. The van der Waals surface area contributed by atoms with Crippen molar-refractivity contribution in [2.45, 2.75) is 10.8 Å². The summed E-state index contributed by atoms with van der Waals surface area (Å²) in [6.07, 6.45) is 1.59. The van der Waals surface area contributed by atoms with Crippen molar-refractivity contribution in [1.82, 2.24) is 9.78 Å². The standard InChI is InChI=1S/C14H10Br2FN3O2S2/c15-10-8-20(7-9-3-1-2-4-11(9)17)18-14(10)19-24(21,22)13-6-5-12(16)23-13/h1-6,8H,7H2,(H,18,19). The fourth-order valence-electron chi connectivity index (χ4n) is 1.97. The van der Waals surface area contributed by atoms with Crippen molar-refractivity contribution in [2.24, 2.45) is 0 Å². The Balaban J connectivity index is 1.83. The first-order chi connectivity index (χ1) is 11.3. The van der Waals surface area contributed by atoms with Gasteiger partial charge in [-0.05, 0) is 50.1 Å². The van der Waals surface area contributed by atoms with Gasteiger partial charge in [0.2, 0.25) is 0 Å². The van der Waals surface area contributed by atoms with Crippen LogP contribution in [0, 0.1) is 5.82 Å². The topological polar surface area (TPSA) is 64.0 Å². The molecule has 10 heteroatoms. The van der Waals surface area contributed by atoms with E-state index in [0.29, 0.717) is 13.8 Å². The van der Waals surface area contributed by atoms with E-state index >= 15 is 0 Å². The zero-order valence-corrected chi connectivity index (χ0v) is 16.7. The van der Waals surface area contributed by atoms with Crippen LogP contribution in [0.3, 0.4) is 0 Å². The van der Waals surface area contributed by atoms with Crippen molar-refractivity contribution in [3.63, 3.8) is 0 Å². The predicted octanol–water partition coefficient (Wildman–Crippen LogP) is 4.46. The van der Waals surface area contributed by atoms with Crippen molar-refractivity contribution < 1.29 is 12.8 Å². The first-order valence-corrected chi connectivity index (χ1v) is 10.5. The minimum Gasteiger partial charge on any atom is -0.265 e. The molecule has 0 radical (unpaired) electrons. The van der Waals surface area contributed by atoms with Crippen molar-refractivity contribution in [2.75, 3.05) is 4.72 Å². The van der Waals surface area contributed by atoms with Crippen LogP contribution < -0.4 is 4.72 Å². The van der Waals surface area contributed by atoms with Gasteiger partial charge in [0.25, 0.3) is 10.0 Å². The molecule has 0 bridgehead atoms. The van der Waals surface area contributed by atoms with E-state index in [0.717, 1.165) is 11.3 Å². The summed E-state index contributed by atoms with van der Waals surface area (Å²) < 4.78 is 43.6. The van der Waals surface area contributed by atoms with Crippen molar-refractivity contribution in [3.8, 4) is 0 Å². The lowest BCUT2D eigenvalue weighted by atomic mass is 10.2. The Kier molecular flexibility index (Phi) is 5.09. The Labute approximate surface area is 158 Å². The fourth-order valence-corrected chi connectivity index (χ4v) is 5.54. The molecule has 24 heavy (non-hydrogen) atoms. The molecule has 0 aliphatic rings. The van der Waals surface area contributed by atoms with Gasteiger partial charge in [-0.3, -0.25) is 9.40 Å². The molecule has 0 aliphatic carbocycles. The molecule has 3 aromatic rings. The first kappa shape index (κ1) is 17.6. The molecule has 126 valence electrons. The predicted molar refractivity (Wildman–Crippen MR) is 98.3 cm³/mol. The monoisotopic (exact) mass is 493 g/mol. The molecule has 0 saturated carbocycles. The molecule has 0 amide bonds. The maximum Gasteiger partial charge on any atom is 0.272 e. The minimum atomic E-state index is -3.72. The Morgan fingerprint density at radius 3 is 2.62 bits per heavy atom. The highest BCUT2D eigenvalue weighted by Gasteiger charge is 2.20. The first-order valence-electron chi connectivity index (χ1n) is 6.60. The number of sulfonamides is 1. The number of halogens is 3. The van der Waals surface area contributed by atoms with Crippen molar-refractivity contribution in [1.29, 1.82) is 0 Å².